The van der Waals surface area contributed by atoms with E-state index < -0.39 is 21.3 Å². The minimum Gasteiger partial charge on any atom is -0.462 e. The lowest BCUT2D eigenvalue weighted by Gasteiger charge is -2.40. The van der Waals surface area contributed by atoms with E-state index in [1.165, 1.54) is 0 Å². The lowest BCUT2D eigenvalue weighted by molar-refractivity contribution is -0.122. The van der Waals surface area contributed by atoms with Crippen molar-refractivity contribution in [3.05, 3.63) is 59.7 Å². The molecule has 160 valence electrons. The summed E-state index contributed by atoms with van der Waals surface area (Å²) in [5, 5.41) is 3.25. The molecule has 1 N–H and O–H groups in total. The first-order valence-electron chi connectivity index (χ1n) is 9.70. The highest BCUT2D eigenvalue weighted by Crippen LogP contribution is 2.34. The number of ether oxygens (including phenoxy) is 1. The smallest absolute Gasteiger partial charge is 0.338 e. The fourth-order valence-corrected chi connectivity index (χ4v) is 4.18. The number of carbonyl (C=O) groups excluding carboxylic acids is 2. The number of nitrogens with one attached hydrogen (secondary N) is 1. The fraction of sp³-hybridized carbons (Fsp3) is 0.364. The molecule has 1 heterocycles. The second kappa shape index (κ2) is 8.47. The predicted molar refractivity (Wildman–Crippen MR) is 116 cm³/mol. The summed E-state index contributed by atoms with van der Waals surface area (Å²) in [5.41, 5.74) is 1.98. The number of amides is 1. The van der Waals surface area contributed by atoms with Crippen LogP contribution in [0.1, 0.15) is 36.2 Å². The Morgan fingerprint density at radius 2 is 1.77 bits per heavy atom. The molecule has 0 radical (unpaired) electrons. The van der Waals surface area contributed by atoms with Gasteiger partial charge in [-0.3, -0.25) is 4.79 Å². The van der Waals surface area contributed by atoms with Gasteiger partial charge in [-0.05, 0) is 50.1 Å². The third-order valence-corrected chi connectivity index (χ3v) is 5.66. The molecule has 0 bridgehead atoms. The van der Waals surface area contributed by atoms with E-state index in [4.69, 9.17) is 4.74 Å². The first-order valence-corrected chi connectivity index (χ1v) is 11.8. The van der Waals surface area contributed by atoms with Gasteiger partial charge in [-0.1, -0.05) is 24.3 Å². The Morgan fingerprint density at radius 3 is 2.43 bits per heavy atom. The Balaban J connectivity index is 1.56. The van der Waals surface area contributed by atoms with E-state index >= 15 is 0 Å². The van der Waals surface area contributed by atoms with Crippen LogP contribution in [-0.4, -0.2) is 45.2 Å². The van der Waals surface area contributed by atoms with Crippen LogP contribution in [0.25, 0.3) is 0 Å². The lowest BCUT2D eigenvalue weighted by Crippen LogP contribution is -2.54. The van der Waals surface area contributed by atoms with Gasteiger partial charge in [-0.25, -0.2) is 13.2 Å². The molecular weight excluding hydrogens is 404 g/mol. The van der Waals surface area contributed by atoms with Gasteiger partial charge in [0.2, 0.25) is 0 Å². The average molecular weight is 431 g/mol. The maximum Gasteiger partial charge on any atom is 0.338 e. The number of benzene rings is 2. The summed E-state index contributed by atoms with van der Waals surface area (Å²) in [4.78, 5) is 26.8. The maximum absolute atomic E-state index is 12.8. The SMILES string of the molecule is CC1(C)Nc2ccccc2N(CCCOC(=O)c2ccc(CS(C)(=O)=O)cc2)C1=O. The molecule has 0 aliphatic carbocycles. The normalized spacial score (nSPS) is 15.3. The zero-order chi connectivity index (χ0) is 21.9. The molecule has 2 aromatic carbocycles. The van der Waals surface area contributed by atoms with Crippen LogP contribution >= 0.6 is 0 Å². The Morgan fingerprint density at radius 1 is 1.10 bits per heavy atom. The van der Waals surface area contributed by atoms with Gasteiger partial charge < -0.3 is 15.0 Å². The highest BCUT2D eigenvalue weighted by atomic mass is 32.2. The van der Waals surface area contributed by atoms with E-state index in [-0.39, 0.29) is 18.3 Å². The van der Waals surface area contributed by atoms with Crippen molar-refractivity contribution in [3.8, 4) is 0 Å². The van der Waals surface area contributed by atoms with E-state index in [1.807, 2.05) is 38.1 Å². The summed E-state index contributed by atoms with van der Waals surface area (Å²) >= 11 is 0. The van der Waals surface area contributed by atoms with Crippen LogP contribution in [0, 0.1) is 0 Å². The molecule has 0 fully saturated rings. The minimum atomic E-state index is -3.13. The molecular formula is C22H26N2O5S. The molecule has 8 heteroatoms. The number of sulfone groups is 1. The number of hydrogen-bond donors (Lipinski definition) is 1. The first-order chi connectivity index (χ1) is 14.1. The Hall–Kier alpha value is -2.87. The molecule has 1 amide bonds. The van der Waals surface area contributed by atoms with Crippen LogP contribution in [0.3, 0.4) is 0 Å². The minimum absolute atomic E-state index is 0.0333. The van der Waals surface area contributed by atoms with Gasteiger partial charge >= 0.3 is 5.97 Å². The molecule has 7 nitrogen and oxygen atoms in total. The van der Waals surface area contributed by atoms with Gasteiger partial charge in [0.1, 0.15) is 5.54 Å². The van der Waals surface area contributed by atoms with Crippen LogP contribution < -0.4 is 10.2 Å². The quantitative estimate of drug-likeness (QED) is 0.536. The van der Waals surface area contributed by atoms with Gasteiger partial charge in [0.05, 0.1) is 29.3 Å². The molecule has 1 aliphatic heterocycles. The molecule has 2 aromatic rings. The number of para-hydroxylation sites is 2. The molecule has 0 unspecified atom stereocenters. The third-order valence-electron chi connectivity index (χ3n) is 4.80. The number of rotatable bonds is 7. The summed E-state index contributed by atoms with van der Waals surface area (Å²) in [6, 6.07) is 13.9. The molecule has 0 aromatic heterocycles. The number of esters is 1. The Bertz CT molecular complexity index is 1050. The van der Waals surface area contributed by atoms with E-state index in [2.05, 4.69) is 5.32 Å². The van der Waals surface area contributed by atoms with Crippen molar-refractivity contribution < 1.29 is 22.7 Å². The number of fused-ring (bicyclic) bond motifs is 1. The Labute approximate surface area is 177 Å². The average Bonchev–Trinajstić information content (AvgIpc) is 2.66. The molecule has 1 aliphatic rings. The van der Waals surface area contributed by atoms with Crippen molar-refractivity contribution >= 4 is 33.1 Å². The second-order valence-corrected chi connectivity index (χ2v) is 10.1. The zero-order valence-electron chi connectivity index (χ0n) is 17.3. The maximum atomic E-state index is 12.8. The third kappa shape index (κ3) is 5.18. The lowest BCUT2D eigenvalue weighted by atomic mass is 9.98. The largest absolute Gasteiger partial charge is 0.462 e. The van der Waals surface area contributed by atoms with E-state index in [0.717, 1.165) is 17.6 Å². The van der Waals surface area contributed by atoms with Crippen molar-refractivity contribution in [1.29, 1.82) is 0 Å². The summed E-state index contributed by atoms with van der Waals surface area (Å²) in [6.07, 6.45) is 1.66. The van der Waals surface area contributed by atoms with E-state index in [1.54, 1.807) is 29.2 Å². The van der Waals surface area contributed by atoms with Crippen LogP contribution in [0.4, 0.5) is 11.4 Å². The van der Waals surface area contributed by atoms with Crippen molar-refractivity contribution in [1.82, 2.24) is 0 Å². The predicted octanol–water partition coefficient (Wildman–Crippen LogP) is 3.02. The molecule has 0 atom stereocenters. The van der Waals surface area contributed by atoms with Crippen molar-refractivity contribution in [3.63, 3.8) is 0 Å². The van der Waals surface area contributed by atoms with Gasteiger partial charge in [0.15, 0.2) is 9.84 Å². The number of carbonyl (C=O) groups is 2. The van der Waals surface area contributed by atoms with E-state index in [0.29, 0.717) is 24.1 Å². The molecule has 3 rings (SSSR count). The van der Waals surface area contributed by atoms with Gasteiger partial charge in [0, 0.05) is 12.8 Å². The summed E-state index contributed by atoms with van der Waals surface area (Å²) in [6.45, 7) is 4.28. The first kappa shape index (κ1) is 21.8. The van der Waals surface area contributed by atoms with Crippen LogP contribution in [0.5, 0.6) is 0 Å². The van der Waals surface area contributed by atoms with Crippen molar-refractivity contribution in [2.75, 3.05) is 29.6 Å². The van der Waals surface area contributed by atoms with Gasteiger partial charge in [0.25, 0.3) is 5.91 Å². The van der Waals surface area contributed by atoms with Crippen molar-refractivity contribution in [2.24, 2.45) is 0 Å². The van der Waals surface area contributed by atoms with Crippen LogP contribution in [0.2, 0.25) is 0 Å². The molecule has 30 heavy (non-hydrogen) atoms. The number of nitrogens with zero attached hydrogens (tertiary/aromatic N) is 1. The topological polar surface area (TPSA) is 92.8 Å². The van der Waals surface area contributed by atoms with E-state index in [9.17, 15) is 18.0 Å². The van der Waals surface area contributed by atoms with Gasteiger partial charge in [-0.2, -0.15) is 0 Å². The fourth-order valence-electron chi connectivity index (χ4n) is 3.38. The number of hydrogen-bond acceptors (Lipinski definition) is 6. The summed E-state index contributed by atoms with van der Waals surface area (Å²) in [7, 11) is -3.13. The van der Waals surface area contributed by atoms with Crippen LogP contribution in [0.15, 0.2) is 48.5 Å². The second-order valence-electron chi connectivity index (χ2n) is 7.98. The van der Waals surface area contributed by atoms with Crippen LogP contribution in [-0.2, 0) is 25.1 Å². The summed E-state index contributed by atoms with van der Waals surface area (Å²) < 4.78 is 28.0. The highest BCUT2D eigenvalue weighted by molar-refractivity contribution is 7.89. The molecule has 0 saturated heterocycles. The monoisotopic (exact) mass is 430 g/mol. The highest BCUT2D eigenvalue weighted by Gasteiger charge is 2.38. The Kier molecular flexibility index (Phi) is 6.17. The zero-order valence-corrected chi connectivity index (χ0v) is 18.2. The standard InChI is InChI=1S/C22H26N2O5S/c1-22(2)21(26)24(19-8-5-4-7-18(19)23-22)13-6-14-29-20(25)17-11-9-16(10-12-17)15-30(3,27)28/h4-5,7-12,23H,6,13-15H2,1-3H3. The summed E-state index contributed by atoms with van der Waals surface area (Å²) in [5.74, 6) is -0.582. The number of anilines is 2. The van der Waals surface area contributed by atoms with Crippen molar-refractivity contribution in [2.45, 2.75) is 31.6 Å². The molecule has 0 spiro atoms. The van der Waals surface area contributed by atoms with Gasteiger partial charge in [-0.15, -0.1) is 0 Å². The molecule has 0 saturated carbocycles.